The van der Waals surface area contributed by atoms with Crippen LogP contribution in [0.25, 0.3) is 0 Å². The predicted molar refractivity (Wildman–Crippen MR) is 172 cm³/mol. The summed E-state index contributed by atoms with van der Waals surface area (Å²) in [7, 11) is 4.12. The Balaban J connectivity index is 1.54. The van der Waals surface area contributed by atoms with Gasteiger partial charge in [-0.25, -0.2) is 4.98 Å². The molecule has 2 aromatic carbocycles. The number of hydrogen-bond acceptors (Lipinski definition) is 9. The molecule has 0 bridgehead atoms. The number of nitrogens with zero attached hydrogens (tertiary/aromatic N) is 5. The van der Waals surface area contributed by atoms with Crippen LogP contribution >= 0.6 is 0 Å². The molecule has 1 aliphatic rings. The Bertz CT molecular complexity index is 1430. The molecule has 4 rings (SSSR count). The maximum Gasteiger partial charge on any atom is 0.271 e. The summed E-state index contributed by atoms with van der Waals surface area (Å²) in [5.74, 6) is -0.140. The molecule has 2 heterocycles. The highest BCUT2D eigenvalue weighted by Crippen LogP contribution is 2.32. The van der Waals surface area contributed by atoms with E-state index in [2.05, 4.69) is 49.3 Å². The first-order chi connectivity index (χ1) is 20.6. The summed E-state index contributed by atoms with van der Waals surface area (Å²) in [6.07, 6.45) is 3.33. The molecule has 11 heteroatoms. The van der Waals surface area contributed by atoms with Crippen LogP contribution in [0.3, 0.4) is 0 Å². The topological polar surface area (TPSA) is 129 Å². The maximum absolute atomic E-state index is 12.4. The number of aromatic nitrogens is 2. The Labute approximate surface area is 253 Å². The van der Waals surface area contributed by atoms with E-state index in [0.717, 1.165) is 44.1 Å². The van der Waals surface area contributed by atoms with E-state index in [1.807, 2.05) is 51.2 Å². The van der Waals surface area contributed by atoms with Crippen molar-refractivity contribution >= 4 is 34.7 Å². The molecule has 2 amide bonds. The summed E-state index contributed by atoms with van der Waals surface area (Å²) >= 11 is 0. The minimum absolute atomic E-state index is 0.0284. The zero-order valence-corrected chi connectivity index (χ0v) is 25.6. The van der Waals surface area contributed by atoms with E-state index in [0.29, 0.717) is 23.7 Å². The number of hydrogen-bond donors (Lipinski definition) is 3. The number of amides is 2. The van der Waals surface area contributed by atoms with Crippen LogP contribution in [0, 0.1) is 0 Å². The highest BCUT2D eigenvalue weighted by atomic mass is 16.5. The van der Waals surface area contributed by atoms with Crippen molar-refractivity contribution in [3.05, 3.63) is 72.1 Å². The SMILES string of the molecule is CCN(C)CC=CC(=O)Nc1cccc(Oc2nc(Nc3ccc(N4CCN(C)CC4)cc3)c(C(N)=O)nc2C(C)C)c1. The van der Waals surface area contributed by atoms with E-state index in [1.165, 1.54) is 6.08 Å². The van der Waals surface area contributed by atoms with E-state index >= 15 is 0 Å². The van der Waals surface area contributed by atoms with Crippen LogP contribution in [0.4, 0.5) is 22.9 Å². The van der Waals surface area contributed by atoms with Crippen molar-refractivity contribution < 1.29 is 14.3 Å². The van der Waals surface area contributed by atoms with E-state index in [1.54, 1.807) is 24.3 Å². The van der Waals surface area contributed by atoms with Gasteiger partial charge in [0.05, 0.1) is 0 Å². The second kappa shape index (κ2) is 14.6. The van der Waals surface area contributed by atoms with E-state index in [9.17, 15) is 9.59 Å². The molecule has 228 valence electrons. The van der Waals surface area contributed by atoms with Gasteiger partial charge in [-0.15, -0.1) is 0 Å². The average Bonchev–Trinajstić information content (AvgIpc) is 2.98. The molecule has 0 saturated carbocycles. The molecule has 3 aromatic rings. The van der Waals surface area contributed by atoms with Gasteiger partial charge >= 0.3 is 0 Å². The fourth-order valence-corrected chi connectivity index (χ4v) is 4.50. The number of carbonyl (C=O) groups excluding carboxylic acids is 2. The smallest absolute Gasteiger partial charge is 0.271 e. The fraction of sp³-hybridized carbons (Fsp3) is 0.375. The lowest BCUT2D eigenvalue weighted by molar-refractivity contribution is -0.111. The Morgan fingerprint density at radius 1 is 1.07 bits per heavy atom. The van der Waals surface area contributed by atoms with Gasteiger partial charge in [-0.2, -0.15) is 4.98 Å². The van der Waals surface area contributed by atoms with Crippen molar-refractivity contribution in [3.8, 4) is 11.6 Å². The molecule has 1 fully saturated rings. The summed E-state index contributed by atoms with van der Waals surface area (Å²) in [6.45, 7) is 11.5. The van der Waals surface area contributed by atoms with Crippen LogP contribution in [0.5, 0.6) is 11.6 Å². The zero-order valence-electron chi connectivity index (χ0n) is 25.6. The Hall–Kier alpha value is -4.48. The van der Waals surface area contributed by atoms with Crippen molar-refractivity contribution in [3.63, 3.8) is 0 Å². The second-order valence-electron chi connectivity index (χ2n) is 11.0. The highest BCUT2D eigenvalue weighted by Gasteiger charge is 2.22. The van der Waals surface area contributed by atoms with Gasteiger partial charge in [0.2, 0.25) is 11.8 Å². The van der Waals surface area contributed by atoms with Gasteiger partial charge in [0.1, 0.15) is 11.4 Å². The van der Waals surface area contributed by atoms with Crippen molar-refractivity contribution in [1.29, 1.82) is 0 Å². The molecular weight excluding hydrogens is 544 g/mol. The largest absolute Gasteiger partial charge is 0.437 e. The normalized spacial score (nSPS) is 14.0. The van der Waals surface area contributed by atoms with Crippen LogP contribution in [-0.2, 0) is 4.79 Å². The first-order valence-corrected chi connectivity index (χ1v) is 14.6. The lowest BCUT2D eigenvalue weighted by Gasteiger charge is -2.34. The number of likely N-dealkylation sites (N-methyl/N-ethyl adjacent to an activating group) is 2. The second-order valence-corrected chi connectivity index (χ2v) is 11.0. The molecule has 1 aromatic heterocycles. The lowest BCUT2D eigenvalue weighted by atomic mass is 10.1. The summed E-state index contributed by atoms with van der Waals surface area (Å²) < 4.78 is 6.19. The minimum Gasteiger partial charge on any atom is -0.437 e. The quantitative estimate of drug-likeness (QED) is 0.264. The third-order valence-electron chi connectivity index (χ3n) is 7.21. The third-order valence-corrected chi connectivity index (χ3v) is 7.21. The number of benzene rings is 2. The number of nitrogens with one attached hydrogen (secondary N) is 2. The first kappa shape index (κ1) is 31.5. The molecule has 1 saturated heterocycles. The van der Waals surface area contributed by atoms with Gasteiger partial charge in [-0.1, -0.05) is 32.9 Å². The summed E-state index contributed by atoms with van der Waals surface area (Å²) in [5, 5.41) is 6.06. The molecule has 4 N–H and O–H groups in total. The predicted octanol–water partition coefficient (Wildman–Crippen LogP) is 4.43. The van der Waals surface area contributed by atoms with Gasteiger partial charge in [-0.05, 0) is 57.0 Å². The number of piperazine rings is 1. The Morgan fingerprint density at radius 3 is 2.44 bits per heavy atom. The van der Waals surface area contributed by atoms with Gasteiger partial charge in [0.15, 0.2) is 11.5 Å². The van der Waals surface area contributed by atoms with Crippen molar-refractivity contribution in [2.75, 3.05) is 68.9 Å². The van der Waals surface area contributed by atoms with Crippen LogP contribution in [0.1, 0.15) is 42.9 Å². The van der Waals surface area contributed by atoms with E-state index in [-0.39, 0.29) is 29.2 Å². The molecule has 0 atom stereocenters. The molecule has 1 aliphatic heterocycles. The van der Waals surface area contributed by atoms with Crippen molar-refractivity contribution in [2.45, 2.75) is 26.7 Å². The van der Waals surface area contributed by atoms with Crippen molar-refractivity contribution in [2.24, 2.45) is 5.73 Å². The standard InChI is InChI=1S/C32H42N8O3/c1-6-38(4)16-8-11-27(41)34-24-9-7-10-26(21-24)43-32-28(22(2)3)36-29(30(33)42)31(37-32)35-23-12-14-25(15-13-23)40-19-17-39(5)18-20-40/h7-15,21-22H,6,16-20H2,1-5H3,(H2,33,42)(H,34,41)(H,35,37). The fourth-order valence-electron chi connectivity index (χ4n) is 4.50. The van der Waals surface area contributed by atoms with E-state index in [4.69, 9.17) is 10.5 Å². The summed E-state index contributed by atoms with van der Waals surface area (Å²) in [6, 6.07) is 15.0. The van der Waals surface area contributed by atoms with Crippen LogP contribution < -0.4 is 26.0 Å². The van der Waals surface area contributed by atoms with Crippen LogP contribution in [0.15, 0.2) is 60.7 Å². The highest BCUT2D eigenvalue weighted by molar-refractivity contribution is 5.99. The number of primary amides is 1. The van der Waals surface area contributed by atoms with E-state index < -0.39 is 5.91 Å². The van der Waals surface area contributed by atoms with Gasteiger partial charge in [0, 0.05) is 67.8 Å². The molecule has 0 aliphatic carbocycles. The first-order valence-electron chi connectivity index (χ1n) is 14.6. The number of rotatable bonds is 12. The number of anilines is 4. The lowest BCUT2D eigenvalue weighted by Crippen LogP contribution is -2.44. The van der Waals surface area contributed by atoms with Gasteiger partial charge in [0.25, 0.3) is 5.91 Å². The molecule has 0 spiro atoms. The molecule has 43 heavy (non-hydrogen) atoms. The zero-order chi connectivity index (χ0) is 30.9. The molecule has 11 nitrogen and oxygen atoms in total. The average molecular weight is 587 g/mol. The van der Waals surface area contributed by atoms with Gasteiger partial charge < -0.3 is 35.8 Å². The Morgan fingerprint density at radius 2 is 1.79 bits per heavy atom. The third kappa shape index (κ3) is 8.76. The monoisotopic (exact) mass is 586 g/mol. The van der Waals surface area contributed by atoms with Crippen molar-refractivity contribution in [1.82, 2.24) is 19.8 Å². The van der Waals surface area contributed by atoms with Gasteiger partial charge in [-0.3, -0.25) is 9.59 Å². The van der Waals surface area contributed by atoms with Crippen LogP contribution in [0.2, 0.25) is 0 Å². The molecule has 0 unspecified atom stereocenters. The summed E-state index contributed by atoms with van der Waals surface area (Å²) in [4.78, 5) is 40.8. The Kier molecular flexibility index (Phi) is 10.7. The molecule has 0 radical (unpaired) electrons. The molecular formula is C32H42N8O3. The summed E-state index contributed by atoms with van der Waals surface area (Å²) in [5.41, 5.74) is 8.68. The maximum atomic E-state index is 12.4. The van der Waals surface area contributed by atoms with Crippen LogP contribution in [-0.4, -0.2) is 84.9 Å². The minimum atomic E-state index is -0.694. The number of ether oxygens (including phenoxy) is 1. The number of nitrogens with two attached hydrogens (primary N) is 1. The number of carbonyl (C=O) groups is 2.